The number of carbonyl (C=O) groups excluding carboxylic acids is 1. The standard InChI is InChI=1S/C20H26ClN3O3/c1-3-26-20(25)15(14-24-10-8-23(2)9-11-24)12-16-13-19(27-22-16)17-6-4-5-7-18(17)21/h4-7,13,15H,3,8-12,14H2,1-2H3/t15-/m0/s1. The molecule has 7 heteroatoms. The maximum Gasteiger partial charge on any atom is 0.310 e. The molecule has 146 valence electrons. The molecule has 0 spiro atoms. The molecule has 0 unspecified atom stereocenters. The summed E-state index contributed by atoms with van der Waals surface area (Å²) in [5.41, 5.74) is 1.53. The van der Waals surface area contributed by atoms with Gasteiger partial charge >= 0.3 is 5.97 Å². The second-order valence-electron chi connectivity index (χ2n) is 6.92. The van der Waals surface area contributed by atoms with Crippen LogP contribution in [-0.4, -0.2) is 67.3 Å². The van der Waals surface area contributed by atoms with Crippen molar-refractivity contribution in [2.45, 2.75) is 13.3 Å². The van der Waals surface area contributed by atoms with E-state index in [-0.39, 0.29) is 11.9 Å². The molecule has 1 fully saturated rings. The first-order valence-corrected chi connectivity index (χ1v) is 9.72. The number of ether oxygens (including phenoxy) is 1. The number of nitrogens with zero attached hydrogens (tertiary/aromatic N) is 3. The highest BCUT2D eigenvalue weighted by atomic mass is 35.5. The topological polar surface area (TPSA) is 58.8 Å². The normalized spacial score (nSPS) is 17.0. The molecule has 1 atom stereocenters. The fraction of sp³-hybridized carbons (Fsp3) is 0.500. The maximum atomic E-state index is 12.5. The van der Waals surface area contributed by atoms with Crippen LogP contribution in [0.25, 0.3) is 11.3 Å². The molecule has 0 radical (unpaired) electrons. The van der Waals surface area contributed by atoms with E-state index in [1.54, 1.807) is 0 Å². The lowest BCUT2D eigenvalue weighted by Gasteiger charge is -2.34. The van der Waals surface area contributed by atoms with E-state index >= 15 is 0 Å². The Labute approximate surface area is 165 Å². The van der Waals surface area contributed by atoms with Crippen LogP contribution < -0.4 is 0 Å². The fourth-order valence-corrected chi connectivity index (χ4v) is 3.50. The van der Waals surface area contributed by atoms with Gasteiger partial charge < -0.3 is 14.2 Å². The van der Waals surface area contributed by atoms with Crippen LogP contribution in [0.3, 0.4) is 0 Å². The lowest BCUT2D eigenvalue weighted by molar-refractivity contribution is -0.148. The Hall–Kier alpha value is -1.89. The molecule has 3 rings (SSSR count). The summed E-state index contributed by atoms with van der Waals surface area (Å²) in [5, 5.41) is 4.76. The van der Waals surface area contributed by atoms with Crippen LogP contribution in [-0.2, 0) is 16.0 Å². The predicted molar refractivity (Wildman–Crippen MR) is 105 cm³/mol. The molecule has 1 aliphatic rings. The molecular formula is C20H26ClN3O3. The minimum absolute atomic E-state index is 0.182. The molecule has 6 nitrogen and oxygen atoms in total. The van der Waals surface area contributed by atoms with Crippen LogP contribution in [0.1, 0.15) is 12.6 Å². The molecule has 1 aromatic heterocycles. The van der Waals surface area contributed by atoms with Gasteiger partial charge in [0.05, 0.1) is 23.2 Å². The lowest BCUT2D eigenvalue weighted by atomic mass is 10.0. The molecule has 0 aliphatic carbocycles. The van der Waals surface area contributed by atoms with Crippen LogP contribution in [0.4, 0.5) is 0 Å². The van der Waals surface area contributed by atoms with E-state index in [1.165, 1.54) is 0 Å². The Bertz CT molecular complexity index is 756. The zero-order valence-corrected chi connectivity index (χ0v) is 16.6. The number of likely N-dealkylation sites (N-methyl/N-ethyl adjacent to an activating group) is 1. The average molecular weight is 392 g/mol. The summed E-state index contributed by atoms with van der Waals surface area (Å²) >= 11 is 6.23. The first-order chi connectivity index (χ1) is 13.1. The summed E-state index contributed by atoms with van der Waals surface area (Å²) in [6.07, 6.45) is 0.485. The highest BCUT2D eigenvalue weighted by Crippen LogP contribution is 2.28. The van der Waals surface area contributed by atoms with Crippen LogP contribution >= 0.6 is 11.6 Å². The fourth-order valence-electron chi connectivity index (χ4n) is 3.27. The summed E-state index contributed by atoms with van der Waals surface area (Å²) in [6, 6.07) is 9.33. The van der Waals surface area contributed by atoms with Gasteiger partial charge in [0.1, 0.15) is 0 Å². The predicted octanol–water partition coefficient (Wildman–Crippen LogP) is 2.96. The summed E-state index contributed by atoms with van der Waals surface area (Å²) in [5.74, 6) is 0.161. The van der Waals surface area contributed by atoms with Gasteiger partial charge in [0, 0.05) is 50.8 Å². The molecule has 27 heavy (non-hydrogen) atoms. The van der Waals surface area contributed by atoms with Crippen molar-refractivity contribution in [1.29, 1.82) is 0 Å². The number of aromatic nitrogens is 1. The number of piperazine rings is 1. The summed E-state index contributed by atoms with van der Waals surface area (Å²) in [4.78, 5) is 17.1. The lowest BCUT2D eigenvalue weighted by Crippen LogP contribution is -2.47. The third kappa shape index (κ3) is 5.31. The molecule has 0 saturated carbocycles. The molecule has 2 heterocycles. The average Bonchev–Trinajstić information content (AvgIpc) is 3.12. The van der Waals surface area contributed by atoms with Gasteiger partial charge in [0.15, 0.2) is 5.76 Å². The number of hydrogen-bond donors (Lipinski definition) is 0. The van der Waals surface area contributed by atoms with Crippen molar-refractivity contribution in [3.63, 3.8) is 0 Å². The zero-order valence-electron chi connectivity index (χ0n) is 15.9. The molecule has 1 aromatic carbocycles. The summed E-state index contributed by atoms with van der Waals surface area (Å²) in [6.45, 7) is 6.80. The minimum Gasteiger partial charge on any atom is -0.466 e. The molecule has 0 bridgehead atoms. The molecule has 2 aromatic rings. The third-order valence-corrected chi connectivity index (χ3v) is 5.18. The smallest absolute Gasteiger partial charge is 0.310 e. The summed E-state index contributed by atoms with van der Waals surface area (Å²) in [7, 11) is 2.12. The van der Waals surface area contributed by atoms with Crippen LogP contribution in [0, 0.1) is 5.92 Å². The Morgan fingerprint density at radius 3 is 2.74 bits per heavy atom. The molecule has 1 saturated heterocycles. The zero-order chi connectivity index (χ0) is 19.2. The second-order valence-corrected chi connectivity index (χ2v) is 7.33. The Morgan fingerprint density at radius 2 is 2.04 bits per heavy atom. The van der Waals surface area contributed by atoms with Crippen molar-refractivity contribution in [3.8, 4) is 11.3 Å². The number of carbonyl (C=O) groups is 1. The number of benzene rings is 1. The summed E-state index contributed by atoms with van der Waals surface area (Å²) < 4.78 is 10.8. The first kappa shape index (κ1) is 19.9. The van der Waals surface area contributed by atoms with Gasteiger partial charge in [-0.25, -0.2) is 0 Å². The van der Waals surface area contributed by atoms with E-state index in [2.05, 4.69) is 22.0 Å². The van der Waals surface area contributed by atoms with Crippen LogP contribution in [0.5, 0.6) is 0 Å². The van der Waals surface area contributed by atoms with Crippen molar-refractivity contribution in [2.24, 2.45) is 5.92 Å². The van der Waals surface area contributed by atoms with E-state index in [4.69, 9.17) is 20.9 Å². The van der Waals surface area contributed by atoms with Crippen LogP contribution in [0.2, 0.25) is 5.02 Å². The van der Waals surface area contributed by atoms with Crippen molar-refractivity contribution in [3.05, 3.63) is 41.0 Å². The van der Waals surface area contributed by atoms with E-state index in [1.807, 2.05) is 37.3 Å². The highest BCUT2D eigenvalue weighted by Gasteiger charge is 2.26. The number of halogens is 1. The molecule has 0 amide bonds. The van der Waals surface area contributed by atoms with Crippen molar-refractivity contribution >= 4 is 17.6 Å². The van der Waals surface area contributed by atoms with Gasteiger partial charge in [0.2, 0.25) is 0 Å². The van der Waals surface area contributed by atoms with Gasteiger partial charge in [-0.3, -0.25) is 9.69 Å². The van der Waals surface area contributed by atoms with E-state index in [0.717, 1.165) is 37.4 Å². The van der Waals surface area contributed by atoms with E-state index in [0.29, 0.717) is 30.4 Å². The van der Waals surface area contributed by atoms with Gasteiger partial charge in [0.25, 0.3) is 0 Å². The van der Waals surface area contributed by atoms with Crippen molar-refractivity contribution in [2.75, 3.05) is 46.4 Å². The Morgan fingerprint density at radius 1 is 1.30 bits per heavy atom. The van der Waals surface area contributed by atoms with Crippen LogP contribution in [0.15, 0.2) is 34.9 Å². The van der Waals surface area contributed by atoms with E-state index < -0.39 is 0 Å². The second kappa shape index (κ2) is 9.35. The monoisotopic (exact) mass is 391 g/mol. The molecular weight excluding hydrogens is 366 g/mol. The Kier molecular flexibility index (Phi) is 6.88. The van der Waals surface area contributed by atoms with Crippen molar-refractivity contribution < 1.29 is 14.1 Å². The van der Waals surface area contributed by atoms with E-state index in [9.17, 15) is 4.79 Å². The largest absolute Gasteiger partial charge is 0.466 e. The quantitative estimate of drug-likeness (QED) is 0.676. The SMILES string of the molecule is CCOC(=O)[C@@H](Cc1cc(-c2ccccc2Cl)on1)CN1CCN(C)CC1. The highest BCUT2D eigenvalue weighted by molar-refractivity contribution is 6.33. The van der Waals surface area contributed by atoms with Gasteiger partial charge in [-0.05, 0) is 26.1 Å². The van der Waals surface area contributed by atoms with Gasteiger partial charge in [-0.1, -0.05) is 28.9 Å². The number of hydrogen-bond acceptors (Lipinski definition) is 6. The molecule has 0 N–H and O–H groups in total. The number of rotatable bonds is 7. The maximum absolute atomic E-state index is 12.5. The third-order valence-electron chi connectivity index (χ3n) is 4.85. The van der Waals surface area contributed by atoms with Crippen molar-refractivity contribution in [1.82, 2.24) is 15.0 Å². The van der Waals surface area contributed by atoms with Gasteiger partial charge in [-0.2, -0.15) is 0 Å². The van der Waals surface area contributed by atoms with Gasteiger partial charge in [-0.15, -0.1) is 0 Å². The minimum atomic E-state index is -0.266. The first-order valence-electron chi connectivity index (χ1n) is 9.35. The Balaban J connectivity index is 1.70. The molecule has 1 aliphatic heterocycles. The number of esters is 1.